The summed E-state index contributed by atoms with van der Waals surface area (Å²) in [5, 5.41) is 0. The number of aromatic nitrogens is 2. The Bertz CT molecular complexity index is 1240. The van der Waals surface area contributed by atoms with E-state index in [-0.39, 0.29) is 30.5 Å². The molecule has 0 spiro atoms. The normalized spacial score (nSPS) is 13.4. The monoisotopic (exact) mass is 426 g/mol. The fraction of sp³-hybridized carbons (Fsp3) is 0.318. The van der Waals surface area contributed by atoms with Crippen molar-refractivity contribution in [1.29, 1.82) is 0 Å². The molecule has 4 rings (SSSR count). The molecule has 3 aromatic rings. The predicted molar refractivity (Wildman–Crippen MR) is 112 cm³/mol. The third kappa shape index (κ3) is 4.43. The van der Waals surface area contributed by atoms with Gasteiger partial charge in [-0.25, -0.2) is 13.4 Å². The number of carbonyl (C=O) groups is 2. The number of nitrogens with zero attached hydrogens (tertiary/aromatic N) is 2. The minimum atomic E-state index is -3.34. The molecule has 30 heavy (non-hydrogen) atoms. The summed E-state index contributed by atoms with van der Waals surface area (Å²) in [5.74, 6) is -0.906. The van der Waals surface area contributed by atoms with Crippen LogP contribution in [0.2, 0.25) is 0 Å². The lowest BCUT2D eigenvalue weighted by Gasteiger charge is -2.09. The summed E-state index contributed by atoms with van der Waals surface area (Å²) < 4.78 is 30.2. The SMILES string of the molecule is CS(=O)(=O)Cc1nc2ccccc2n1CC(=O)OCC(=O)c1ccc2c(c1)CCC2. The number of para-hydroxylation sites is 2. The summed E-state index contributed by atoms with van der Waals surface area (Å²) in [5.41, 5.74) is 4.22. The van der Waals surface area contributed by atoms with Crippen LogP contribution >= 0.6 is 0 Å². The van der Waals surface area contributed by atoms with Gasteiger partial charge in [0.25, 0.3) is 0 Å². The summed E-state index contributed by atoms with van der Waals surface area (Å²) in [6, 6.07) is 12.7. The molecule has 0 unspecified atom stereocenters. The zero-order chi connectivity index (χ0) is 21.3. The van der Waals surface area contributed by atoms with Crippen molar-refractivity contribution in [3.8, 4) is 0 Å². The van der Waals surface area contributed by atoms with Gasteiger partial charge >= 0.3 is 5.97 Å². The number of sulfone groups is 1. The number of fused-ring (bicyclic) bond motifs is 2. The fourth-order valence-corrected chi connectivity index (χ4v) is 4.49. The van der Waals surface area contributed by atoms with Crippen molar-refractivity contribution < 1.29 is 22.7 Å². The number of rotatable bonds is 7. The van der Waals surface area contributed by atoms with Crippen LogP contribution in [0.15, 0.2) is 42.5 Å². The van der Waals surface area contributed by atoms with E-state index in [2.05, 4.69) is 4.98 Å². The molecule has 2 aromatic carbocycles. The number of benzene rings is 2. The molecule has 8 heteroatoms. The molecule has 7 nitrogen and oxygen atoms in total. The van der Waals surface area contributed by atoms with Gasteiger partial charge < -0.3 is 9.30 Å². The van der Waals surface area contributed by atoms with Crippen LogP contribution in [0, 0.1) is 0 Å². The van der Waals surface area contributed by atoms with Crippen LogP contribution in [0.4, 0.5) is 0 Å². The van der Waals surface area contributed by atoms with Crippen LogP contribution in [0.1, 0.15) is 33.7 Å². The van der Waals surface area contributed by atoms with Gasteiger partial charge in [0.2, 0.25) is 0 Å². The van der Waals surface area contributed by atoms with Gasteiger partial charge in [0.1, 0.15) is 18.1 Å². The van der Waals surface area contributed by atoms with Crippen LogP contribution < -0.4 is 0 Å². The lowest BCUT2D eigenvalue weighted by molar-refractivity contribution is -0.143. The minimum Gasteiger partial charge on any atom is -0.456 e. The molecule has 0 saturated heterocycles. The molecular weight excluding hydrogens is 404 g/mol. The Balaban J connectivity index is 1.47. The molecule has 0 bridgehead atoms. The van der Waals surface area contributed by atoms with Gasteiger partial charge in [0.05, 0.1) is 11.0 Å². The standard InChI is InChI=1S/C22H22N2O5S/c1-30(27,28)14-21-23-18-7-2-3-8-19(18)24(21)12-22(26)29-13-20(25)17-10-9-15-5-4-6-16(15)11-17/h2-3,7-11H,4-6,12-14H2,1H3. The van der Waals surface area contributed by atoms with E-state index in [4.69, 9.17) is 4.74 Å². The van der Waals surface area contributed by atoms with Crippen LogP contribution in [0.25, 0.3) is 11.0 Å². The van der Waals surface area contributed by atoms with Crippen LogP contribution in [0.5, 0.6) is 0 Å². The smallest absolute Gasteiger partial charge is 0.326 e. The first-order valence-corrected chi connectivity index (χ1v) is 11.8. The molecule has 0 aliphatic heterocycles. The number of Topliss-reactive ketones (excluding diaryl/α,β-unsaturated/α-hetero) is 1. The Kier molecular flexibility index (Phi) is 5.42. The number of imidazole rings is 1. The molecule has 1 aliphatic carbocycles. The largest absolute Gasteiger partial charge is 0.456 e. The van der Waals surface area contributed by atoms with Crippen molar-refractivity contribution in [1.82, 2.24) is 9.55 Å². The van der Waals surface area contributed by atoms with E-state index < -0.39 is 15.8 Å². The average molecular weight is 426 g/mol. The van der Waals surface area contributed by atoms with Crippen LogP contribution in [-0.2, 0) is 44.5 Å². The Morgan fingerprint density at radius 3 is 2.67 bits per heavy atom. The highest BCUT2D eigenvalue weighted by Crippen LogP contribution is 2.23. The number of hydrogen-bond donors (Lipinski definition) is 0. The third-order valence-corrected chi connectivity index (χ3v) is 5.98. The number of ketones is 1. The number of carbonyl (C=O) groups excluding carboxylic acids is 2. The van der Waals surface area contributed by atoms with E-state index in [9.17, 15) is 18.0 Å². The molecular formula is C22H22N2O5S. The summed E-state index contributed by atoms with van der Waals surface area (Å²) in [6.45, 7) is -0.575. The second kappa shape index (κ2) is 8.02. The van der Waals surface area contributed by atoms with Crippen molar-refractivity contribution >= 4 is 32.6 Å². The molecule has 0 fully saturated rings. The van der Waals surface area contributed by atoms with Gasteiger partial charge in [0.15, 0.2) is 22.2 Å². The molecule has 0 amide bonds. The Morgan fingerprint density at radius 2 is 1.87 bits per heavy atom. The van der Waals surface area contributed by atoms with E-state index in [1.165, 1.54) is 15.7 Å². The highest BCUT2D eigenvalue weighted by atomic mass is 32.2. The third-order valence-electron chi connectivity index (χ3n) is 5.20. The van der Waals surface area contributed by atoms with Crippen molar-refractivity contribution in [3.63, 3.8) is 0 Å². The highest BCUT2D eigenvalue weighted by molar-refractivity contribution is 7.89. The molecule has 1 aromatic heterocycles. The molecule has 1 heterocycles. The van der Waals surface area contributed by atoms with Gasteiger partial charge in [-0.3, -0.25) is 9.59 Å². The lowest BCUT2D eigenvalue weighted by Crippen LogP contribution is -2.20. The van der Waals surface area contributed by atoms with Crippen LogP contribution in [-0.4, -0.2) is 42.6 Å². The molecule has 0 N–H and O–H groups in total. The zero-order valence-corrected chi connectivity index (χ0v) is 17.4. The van der Waals surface area contributed by atoms with Gasteiger partial charge in [-0.2, -0.15) is 0 Å². The first-order chi connectivity index (χ1) is 14.3. The van der Waals surface area contributed by atoms with E-state index in [1.807, 2.05) is 12.1 Å². The average Bonchev–Trinajstić information content (AvgIpc) is 3.29. The van der Waals surface area contributed by atoms with Crippen molar-refractivity contribution in [3.05, 3.63) is 65.0 Å². The van der Waals surface area contributed by atoms with Gasteiger partial charge in [-0.1, -0.05) is 24.3 Å². The number of ether oxygens (including phenoxy) is 1. The maximum absolute atomic E-state index is 12.4. The quantitative estimate of drug-likeness (QED) is 0.426. The number of hydrogen-bond acceptors (Lipinski definition) is 6. The van der Waals surface area contributed by atoms with Gasteiger partial charge in [-0.05, 0) is 48.6 Å². The highest BCUT2D eigenvalue weighted by Gasteiger charge is 2.19. The summed E-state index contributed by atoms with van der Waals surface area (Å²) in [7, 11) is -3.34. The summed E-state index contributed by atoms with van der Waals surface area (Å²) in [4.78, 5) is 29.2. The van der Waals surface area contributed by atoms with E-state index in [0.717, 1.165) is 25.5 Å². The van der Waals surface area contributed by atoms with Gasteiger partial charge in [-0.15, -0.1) is 0 Å². The second-order valence-electron chi connectivity index (χ2n) is 7.59. The van der Waals surface area contributed by atoms with E-state index >= 15 is 0 Å². The summed E-state index contributed by atoms with van der Waals surface area (Å²) in [6.07, 6.45) is 4.21. The number of aryl methyl sites for hydroxylation is 2. The first-order valence-electron chi connectivity index (χ1n) is 9.73. The topological polar surface area (TPSA) is 95.3 Å². The molecule has 0 atom stereocenters. The fourth-order valence-electron chi connectivity index (χ4n) is 3.80. The molecule has 0 radical (unpaired) electrons. The second-order valence-corrected chi connectivity index (χ2v) is 9.73. The molecule has 0 saturated carbocycles. The minimum absolute atomic E-state index is 0.219. The number of esters is 1. The maximum atomic E-state index is 12.4. The van der Waals surface area contributed by atoms with Crippen molar-refractivity contribution in [2.75, 3.05) is 12.9 Å². The first kappa shape index (κ1) is 20.3. The Hall–Kier alpha value is -3.00. The zero-order valence-electron chi connectivity index (χ0n) is 16.6. The molecule has 156 valence electrons. The van der Waals surface area contributed by atoms with Gasteiger partial charge in [0, 0.05) is 11.8 Å². The maximum Gasteiger partial charge on any atom is 0.326 e. The van der Waals surface area contributed by atoms with Crippen LogP contribution in [0.3, 0.4) is 0 Å². The van der Waals surface area contributed by atoms with E-state index in [0.29, 0.717) is 16.6 Å². The van der Waals surface area contributed by atoms with Crippen molar-refractivity contribution in [2.24, 2.45) is 0 Å². The molecule has 1 aliphatic rings. The Labute approximate surface area is 174 Å². The van der Waals surface area contributed by atoms with E-state index in [1.54, 1.807) is 30.3 Å². The summed E-state index contributed by atoms with van der Waals surface area (Å²) >= 11 is 0. The lowest BCUT2D eigenvalue weighted by atomic mass is 10.0. The van der Waals surface area contributed by atoms with Crippen molar-refractivity contribution in [2.45, 2.75) is 31.6 Å². The Morgan fingerprint density at radius 1 is 1.10 bits per heavy atom. The predicted octanol–water partition coefficient (Wildman–Crippen LogP) is 2.50.